The van der Waals surface area contributed by atoms with Crippen molar-refractivity contribution in [2.75, 3.05) is 0 Å². The Morgan fingerprint density at radius 1 is 0.468 bits per heavy atom. The molecular weight excluding hydrogens is 573 g/mol. The Labute approximate surface area is 274 Å². The number of hydrogen-bond acceptors (Lipinski definition) is 4. The SMILES string of the molecule is Cc1nc(C)nc(-c2ccc(-c3cc4c(cc3-c3ccc(C#N)cc3)C(c3ccccc3)(c3ccccc3)c3ccccc3-4)cc2)n1. The van der Waals surface area contributed by atoms with E-state index in [4.69, 9.17) is 0 Å². The first-order valence-electron chi connectivity index (χ1n) is 15.8. The third-order valence-electron chi connectivity index (χ3n) is 9.23. The molecule has 1 aliphatic rings. The van der Waals surface area contributed by atoms with Gasteiger partial charge in [-0.05, 0) is 93.7 Å². The van der Waals surface area contributed by atoms with Crippen molar-refractivity contribution in [1.82, 2.24) is 15.0 Å². The zero-order valence-electron chi connectivity index (χ0n) is 26.1. The highest BCUT2D eigenvalue weighted by Crippen LogP contribution is 2.57. The summed E-state index contributed by atoms with van der Waals surface area (Å²) in [5.41, 5.74) is 12.9. The summed E-state index contributed by atoms with van der Waals surface area (Å²) in [7, 11) is 0. The molecule has 0 bridgehead atoms. The van der Waals surface area contributed by atoms with E-state index < -0.39 is 5.41 Å². The Morgan fingerprint density at radius 3 is 1.57 bits per heavy atom. The van der Waals surface area contributed by atoms with E-state index in [1.165, 1.54) is 33.4 Å². The fourth-order valence-corrected chi connectivity index (χ4v) is 7.23. The number of aromatic nitrogens is 3. The van der Waals surface area contributed by atoms with Crippen molar-refractivity contribution in [3.63, 3.8) is 0 Å². The van der Waals surface area contributed by atoms with E-state index in [0.717, 1.165) is 27.8 Å². The molecule has 0 unspecified atom stereocenters. The number of aryl methyl sites for hydroxylation is 2. The van der Waals surface area contributed by atoms with E-state index in [0.29, 0.717) is 23.0 Å². The fraction of sp³-hybridized carbons (Fsp3) is 0.0698. The van der Waals surface area contributed by atoms with E-state index in [1.54, 1.807) is 0 Å². The van der Waals surface area contributed by atoms with Gasteiger partial charge in [0, 0.05) is 5.56 Å². The van der Waals surface area contributed by atoms with Crippen LogP contribution in [0.15, 0.2) is 146 Å². The van der Waals surface area contributed by atoms with Gasteiger partial charge in [0.25, 0.3) is 0 Å². The van der Waals surface area contributed by atoms with Crippen molar-refractivity contribution in [3.05, 3.63) is 185 Å². The van der Waals surface area contributed by atoms with Crippen LogP contribution in [0, 0.1) is 25.2 Å². The first-order chi connectivity index (χ1) is 23.1. The smallest absolute Gasteiger partial charge is 0.163 e. The average molecular weight is 603 g/mol. The Kier molecular flexibility index (Phi) is 6.82. The van der Waals surface area contributed by atoms with E-state index >= 15 is 0 Å². The first kappa shape index (κ1) is 28.3. The normalized spacial score (nSPS) is 12.6. The third-order valence-corrected chi connectivity index (χ3v) is 9.23. The Bertz CT molecular complexity index is 2240. The van der Waals surface area contributed by atoms with E-state index in [9.17, 15) is 5.26 Å². The lowest BCUT2D eigenvalue weighted by Gasteiger charge is -2.34. The number of benzene rings is 6. The van der Waals surface area contributed by atoms with E-state index in [-0.39, 0.29) is 0 Å². The Balaban J connectivity index is 1.41. The van der Waals surface area contributed by atoms with Crippen molar-refractivity contribution in [3.8, 4) is 50.8 Å². The predicted octanol–water partition coefficient (Wildman–Crippen LogP) is 9.72. The number of rotatable bonds is 5. The second-order valence-electron chi connectivity index (χ2n) is 12.0. The molecule has 6 aromatic carbocycles. The summed E-state index contributed by atoms with van der Waals surface area (Å²) in [5.74, 6) is 2.09. The number of hydrogen-bond donors (Lipinski definition) is 0. The molecule has 0 fully saturated rings. The second-order valence-corrected chi connectivity index (χ2v) is 12.0. The molecule has 0 saturated carbocycles. The molecule has 47 heavy (non-hydrogen) atoms. The molecule has 4 heteroatoms. The van der Waals surface area contributed by atoms with Gasteiger partial charge in [-0.1, -0.05) is 121 Å². The molecule has 1 aromatic heterocycles. The molecule has 8 rings (SSSR count). The minimum absolute atomic E-state index is 0.507. The van der Waals surface area contributed by atoms with Crippen LogP contribution < -0.4 is 0 Å². The molecule has 0 spiro atoms. The quantitative estimate of drug-likeness (QED) is 0.197. The zero-order chi connectivity index (χ0) is 32.0. The van der Waals surface area contributed by atoms with Crippen molar-refractivity contribution < 1.29 is 0 Å². The van der Waals surface area contributed by atoms with Gasteiger partial charge >= 0.3 is 0 Å². The van der Waals surface area contributed by atoms with Crippen LogP contribution in [0.2, 0.25) is 0 Å². The van der Waals surface area contributed by atoms with Crippen LogP contribution in [0.3, 0.4) is 0 Å². The highest BCUT2D eigenvalue weighted by Gasteiger charge is 2.46. The maximum Gasteiger partial charge on any atom is 0.163 e. The molecule has 7 aromatic rings. The topological polar surface area (TPSA) is 62.5 Å². The molecule has 1 aliphatic carbocycles. The molecule has 0 aliphatic heterocycles. The summed E-state index contributed by atoms with van der Waals surface area (Å²) < 4.78 is 0. The van der Waals surface area contributed by atoms with Gasteiger partial charge in [-0.15, -0.1) is 0 Å². The molecule has 0 saturated heterocycles. The van der Waals surface area contributed by atoms with Crippen molar-refractivity contribution in [2.24, 2.45) is 0 Å². The largest absolute Gasteiger partial charge is 0.219 e. The molecule has 0 amide bonds. The van der Waals surface area contributed by atoms with Crippen molar-refractivity contribution >= 4 is 0 Å². The van der Waals surface area contributed by atoms with Gasteiger partial charge in [0.1, 0.15) is 11.6 Å². The molecule has 4 nitrogen and oxygen atoms in total. The lowest BCUT2D eigenvalue weighted by Crippen LogP contribution is -2.28. The van der Waals surface area contributed by atoms with Crippen molar-refractivity contribution in [1.29, 1.82) is 5.26 Å². The summed E-state index contributed by atoms with van der Waals surface area (Å²) in [4.78, 5) is 13.5. The van der Waals surface area contributed by atoms with Crippen LogP contribution in [0.4, 0.5) is 0 Å². The highest BCUT2D eigenvalue weighted by atomic mass is 15.0. The van der Waals surface area contributed by atoms with Gasteiger partial charge < -0.3 is 0 Å². The number of nitrogens with zero attached hydrogens (tertiary/aromatic N) is 4. The molecule has 1 heterocycles. The summed E-state index contributed by atoms with van der Waals surface area (Å²) in [6, 6.07) is 53.9. The maximum atomic E-state index is 9.57. The zero-order valence-corrected chi connectivity index (χ0v) is 26.1. The maximum absolute atomic E-state index is 9.57. The lowest BCUT2D eigenvalue weighted by atomic mass is 9.67. The molecular formula is C43H30N4. The summed E-state index contributed by atoms with van der Waals surface area (Å²) in [5, 5.41) is 9.57. The van der Waals surface area contributed by atoms with Crippen molar-refractivity contribution in [2.45, 2.75) is 19.3 Å². The monoisotopic (exact) mass is 602 g/mol. The van der Waals surface area contributed by atoms with Crippen LogP contribution >= 0.6 is 0 Å². The summed E-state index contributed by atoms with van der Waals surface area (Å²) in [6.07, 6.45) is 0. The first-order valence-corrected chi connectivity index (χ1v) is 15.8. The van der Waals surface area contributed by atoms with E-state index in [1.807, 2.05) is 26.0 Å². The van der Waals surface area contributed by atoms with Gasteiger partial charge in [0.15, 0.2) is 5.82 Å². The predicted molar refractivity (Wildman–Crippen MR) is 188 cm³/mol. The van der Waals surface area contributed by atoms with Gasteiger partial charge in [0.2, 0.25) is 0 Å². The molecule has 0 radical (unpaired) electrons. The van der Waals surface area contributed by atoms with Crippen LogP contribution in [-0.4, -0.2) is 15.0 Å². The fourth-order valence-electron chi connectivity index (χ4n) is 7.23. The Hall–Kier alpha value is -6.18. The number of nitriles is 1. The van der Waals surface area contributed by atoms with Gasteiger partial charge in [0.05, 0.1) is 17.0 Å². The van der Waals surface area contributed by atoms with Crippen LogP contribution in [-0.2, 0) is 5.41 Å². The highest BCUT2D eigenvalue weighted by molar-refractivity contribution is 5.95. The molecule has 0 atom stereocenters. The van der Waals surface area contributed by atoms with Crippen LogP contribution in [0.25, 0.3) is 44.8 Å². The minimum atomic E-state index is -0.507. The number of fused-ring (bicyclic) bond motifs is 3. The molecule has 0 N–H and O–H groups in total. The van der Waals surface area contributed by atoms with Gasteiger partial charge in [-0.2, -0.15) is 5.26 Å². The average Bonchev–Trinajstić information content (AvgIpc) is 3.42. The minimum Gasteiger partial charge on any atom is -0.219 e. The summed E-state index contributed by atoms with van der Waals surface area (Å²) >= 11 is 0. The second kappa shape index (κ2) is 11.3. The summed E-state index contributed by atoms with van der Waals surface area (Å²) in [6.45, 7) is 3.79. The van der Waals surface area contributed by atoms with Gasteiger partial charge in [-0.25, -0.2) is 15.0 Å². The van der Waals surface area contributed by atoms with E-state index in [2.05, 4.69) is 154 Å². The third kappa shape index (κ3) is 4.64. The standard InChI is InChI=1S/C43H30N4/c1-28-45-29(2)47-42(46-28)33-23-21-32(22-24-33)37-25-39-36-15-9-10-16-40(36)43(34-11-5-3-6-12-34,35-13-7-4-8-14-35)41(39)26-38(37)31-19-17-30(27-44)18-20-31/h3-26H,1-2H3. The van der Waals surface area contributed by atoms with Gasteiger partial charge in [-0.3, -0.25) is 0 Å². The lowest BCUT2D eigenvalue weighted by molar-refractivity contribution is 0.769. The Morgan fingerprint density at radius 2 is 0.979 bits per heavy atom. The molecule has 222 valence electrons. The van der Waals surface area contributed by atoms with Crippen LogP contribution in [0.5, 0.6) is 0 Å². The van der Waals surface area contributed by atoms with Crippen LogP contribution in [0.1, 0.15) is 39.5 Å².